The van der Waals surface area contributed by atoms with Crippen molar-refractivity contribution in [3.05, 3.63) is 128 Å². The van der Waals surface area contributed by atoms with Crippen LogP contribution in [0.1, 0.15) is 41.7 Å². The lowest BCUT2D eigenvalue weighted by molar-refractivity contribution is -0.130. The number of aliphatic hydroxyl groups is 1. The molecule has 1 aliphatic heterocycles. The minimum Gasteiger partial charge on any atom is -0.494 e. The summed E-state index contributed by atoms with van der Waals surface area (Å²) in [4.78, 5) is 19.5. The summed E-state index contributed by atoms with van der Waals surface area (Å²) in [5, 5.41) is 9.07. The van der Waals surface area contributed by atoms with Crippen LogP contribution in [-0.2, 0) is 22.4 Å². The van der Waals surface area contributed by atoms with E-state index in [9.17, 15) is 4.79 Å². The smallest absolute Gasteiger partial charge is 0.266 e. The molecule has 5 rings (SSSR count). The molecule has 240 valence electrons. The highest BCUT2D eigenvalue weighted by Gasteiger charge is 2.53. The van der Waals surface area contributed by atoms with Gasteiger partial charge in [-0.05, 0) is 78.6 Å². The molecule has 8 nitrogen and oxygen atoms in total. The molecule has 0 aliphatic carbocycles. The Balaban J connectivity index is 1.47. The third-order valence-corrected chi connectivity index (χ3v) is 8.92. The maximum absolute atomic E-state index is 14.4. The molecule has 1 amide bonds. The Hall–Kier alpha value is -3.70. The summed E-state index contributed by atoms with van der Waals surface area (Å²) >= 11 is 7.21. The summed E-state index contributed by atoms with van der Waals surface area (Å²) in [6, 6.07) is 30.9. The normalized spacial score (nSPS) is 17.2. The van der Waals surface area contributed by atoms with Crippen LogP contribution in [-0.4, -0.2) is 48.8 Å². The number of aliphatic hydroxyl groups excluding tert-OH is 1. The minimum absolute atomic E-state index is 0.0667. The summed E-state index contributed by atoms with van der Waals surface area (Å²) in [5.41, 5.74) is 8.27. The van der Waals surface area contributed by atoms with Gasteiger partial charge in [0.1, 0.15) is 11.5 Å². The number of halogens is 2. The molecule has 1 aliphatic rings. The number of hydrogen-bond donors (Lipinski definition) is 3. The molecule has 0 radical (unpaired) electrons. The number of nitrogens with zero attached hydrogens (tertiary/aromatic N) is 1. The topological polar surface area (TPSA) is 101 Å². The maximum atomic E-state index is 14.4. The number of hydrazine groups is 1. The largest absolute Gasteiger partial charge is 0.494 e. The molecule has 0 saturated heterocycles. The molecule has 1 heterocycles. The number of para-hydroxylation sites is 1. The molecule has 0 spiro atoms. The van der Waals surface area contributed by atoms with Crippen LogP contribution in [0.3, 0.4) is 0 Å². The Morgan fingerprint density at radius 2 is 1.65 bits per heavy atom. The molecule has 0 saturated carbocycles. The van der Waals surface area contributed by atoms with Crippen LogP contribution < -0.4 is 20.3 Å². The van der Waals surface area contributed by atoms with Crippen LogP contribution in [0.4, 0.5) is 0 Å². The zero-order valence-electron chi connectivity index (χ0n) is 25.5. The van der Waals surface area contributed by atoms with Crippen molar-refractivity contribution >= 4 is 43.7 Å². The van der Waals surface area contributed by atoms with Crippen molar-refractivity contribution in [2.45, 2.75) is 37.8 Å². The summed E-state index contributed by atoms with van der Waals surface area (Å²) in [6.07, 6.45) is 0.763. The third kappa shape index (κ3) is 8.17. The SMILES string of the molecule is CCOc1ccccc1CCNNC(=O)[C@@]1(Cc2ccccc2Br)N=C(c2ccc(OCCCO)cc2)O[C@H]1c1ccc(Br)cc1. The monoisotopic (exact) mass is 749 g/mol. The highest BCUT2D eigenvalue weighted by atomic mass is 79.9. The van der Waals surface area contributed by atoms with Gasteiger partial charge in [-0.1, -0.05) is 80.4 Å². The Bertz CT molecular complexity index is 1630. The molecule has 0 unspecified atom stereocenters. The second-order valence-electron chi connectivity index (χ2n) is 10.8. The van der Waals surface area contributed by atoms with E-state index in [1.165, 1.54) is 0 Å². The van der Waals surface area contributed by atoms with Crippen molar-refractivity contribution in [2.24, 2.45) is 4.99 Å². The van der Waals surface area contributed by atoms with E-state index >= 15 is 0 Å². The van der Waals surface area contributed by atoms with Gasteiger partial charge in [0.05, 0.1) is 13.2 Å². The predicted octanol–water partition coefficient (Wildman–Crippen LogP) is 6.73. The van der Waals surface area contributed by atoms with Crippen LogP contribution in [0.25, 0.3) is 0 Å². The van der Waals surface area contributed by atoms with Gasteiger partial charge in [0.2, 0.25) is 5.90 Å². The number of nitrogens with one attached hydrogen (secondary N) is 2. The highest BCUT2D eigenvalue weighted by Crippen LogP contribution is 2.43. The number of carbonyl (C=O) groups is 1. The number of amides is 1. The highest BCUT2D eigenvalue weighted by molar-refractivity contribution is 9.10. The fraction of sp³-hybridized carbons (Fsp3) is 0.278. The van der Waals surface area contributed by atoms with E-state index in [4.69, 9.17) is 24.3 Å². The standard InChI is InChI=1S/C36H37Br2N3O5/c1-2-44-32-11-6-4-8-25(32)20-21-39-41-35(43)36(24-28-9-3-5-10-31(28)38)33(26-12-16-29(37)17-13-26)46-34(40-36)27-14-18-30(19-15-27)45-23-7-22-42/h3-6,8-19,33,39,42H,2,7,20-24H2,1H3,(H,41,43)/t33-,36-/m0/s1. The molecular formula is C36H37Br2N3O5. The Labute approximate surface area is 286 Å². The maximum Gasteiger partial charge on any atom is 0.266 e. The number of carbonyl (C=O) groups excluding carboxylic acids is 1. The van der Waals surface area contributed by atoms with Crippen molar-refractivity contribution in [1.29, 1.82) is 0 Å². The van der Waals surface area contributed by atoms with Gasteiger partial charge in [-0.15, -0.1) is 0 Å². The van der Waals surface area contributed by atoms with Crippen LogP contribution >= 0.6 is 31.9 Å². The van der Waals surface area contributed by atoms with E-state index < -0.39 is 11.6 Å². The van der Waals surface area contributed by atoms with Crippen LogP contribution in [0, 0.1) is 0 Å². The molecule has 2 atom stereocenters. The first-order chi connectivity index (χ1) is 22.4. The van der Waals surface area contributed by atoms with E-state index in [1.54, 1.807) is 0 Å². The van der Waals surface area contributed by atoms with Gasteiger partial charge in [-0.2, -0.15) is 0 Å². The zero-order chi connectivity index (χ0) is 32.4. The summed E-state index contributed by atoms with van der Waals surface area (Å²) in [5.74, 6) is 1.56. The first-order valence-corrected chi connectivity index (χ1v) is 16.9. The average Bonchev–Trinajstić information content (AvgIpc) is 3.46. The molecule has 10 heteroatoms. The van der Waals surface area contributed by atoms with Crippen molar-refractivity contribution in [3.63, 3.8) is 0 Å². The summed E-state index contributed by atoms with van der Waals surface area (Å²) in [7, 11) is 0. The first-order valence-electron chi connectivity index (χ1n) is 15.3. The quantitative estimate of drug-likeness (QED) is 0.0921. The van der Waals surface area contributed by atoms with Crippen LogP contribution in [0.5, 0.6) is 11.5 Å². The summed E-state index contributed by atoms with van der Waals surface area (Å²) in [6.45, 7) is 3.51. The fourth-order valence-electron chi connectivity index (χ4n) is 5.31. The molecule has 46 heavy (non-hydrogen) atoms. The Kier molecular flexibility index (Phi) is 11.9. The zero-order valence-corrected chi connectivity index (χ0v) is 28.7. The van der Waals surface area contributed by atoms with Gasteiger partial charge in [-0.3, -0.25) is 10.2 Å². The van der Waals surface area contributed by atoms with Gasteiger partial charge in [0.25, 0.3) is 5.91 Å². The van der Waals surface area contributed by atoms with E-state index in [1.807, 2.05) is 104 Å². The van der Waals surface area contributed by atoms with Crippen LogP contribution in [0.2, 0.25) is 0 Å². The van der Waals surface area contributed by atoms with Gasteiger partial charge in [0, 0.05) is 40.5 Å². The summed E-state index contributed by atoms with van der Waals surface area (Å²) < 4.78 is 19.9. The van der Waals surface area contributed by atoms with Crippen molar-refractivity contribution < 1.29 is 24.1 Å². The van der Waals surface area contributed by atoms with Crippen molar-refractivity contribution in [1.82, 2.24) is 10.9 Å². The minimum atomic E-state index is -1.35. The molecule has 0 bridgehead atoms. The molecule has 3 N–H and O–H groups in total. The van der Waals surface area contributed by atoms with Crippen molar-refractivity contribution in [3.8, 4) is 11.5 Å². The average molecular weight is 752 g/mol. The van der Waals surface area contributed by atoms with Gasteiger partial charge in [-0.25, -0.2) is 10.4 Å². The van der Waals surface area contributed by atoms with Crippen molar-refractivity contribution in [2.75, 3.05) is 26.4 Å². The van der Waals surface area contributed by atoms with Crippen LogP contribution in [0.15, 0.2) is 111 Å². The number of aliphatic imine (C=N–C) groups is 1. The number of benzene rings is 4. The second-order valence-corrected chi connectivity index (χ2v) is 12.6. The van der Waals surface area contributed by atoms with E-state index in [0.717, 1.165) is 36.9 Å². The molecule has 4 aromatic carbocycles. The third-order valence-electron chi connectivity index (χ3n) is 7.61. The number of ether oxygens (including phenoxy) is 3. The predicted molar refractivity (Wildman–Crippen MR) is 186 cm³/mol. The number of rotatable bonds is 15. The van der Waals surface area contributed by atoms with E-state index in [-0.39, 0.29) is 18.9 Å². The van der Waals surface area contributed by atoms with E-state index in [2.05, 4.69) is 42.7 Å². The van der Waals surface area contributed by atoms with Gasteiger partial charge in [0.15, 0.2) is 11.6 Å². The molecule has 0 fully saturated rings. The molecule has 4 aromatic rings. The Morgan fingerprint density at radius 3 is 2.37 bits per heavy atom. The molecular weight excluding hydrogens is 714 g/mol. The molecule has 0 aromatic heterocycles. The lowest BCUT2D eigenvalue weighted by Gasteiger charge is -2.31. The lowest BCUT2D eigenvalue weighted by atomic mass is 9.82. The fourth-order valence-corrected chi connectivity index (χ4v) is 6.00. The van der Waals surface area contributed by atoms with Gasteiger partial charge < -0.3 is 19.3 Å². The van der Waals surface area contributed by atoms with E-state index in [0.29, 0.717) is 44.2 Å². The first kappa shape index (κ1) is 33.7. The second kappa shape index (κ2) is 16.2. The number of hydrogen-bond acceptors (Lipinski definition) is 7. The lowest BCUT2D eigenvalue weighted by Crippen LogP contribution is -2.54. The van der Waals surface area contributed by atoms with Gasteiger partial charge >= 0.3 is 0 Å². The Morgan fingerprint density at radius 1 is 0.935 bits per heavy atom.